The Labute approximate surface area is 203 Å². The molecule has 0 spiro atoms. The van der Waals surface area contributed by atoms with Crippen LogP contribution in [-0.2, 0) is 4.74 Å². The van der Waals surface area contributed by atoms with Crippen molar-refractivity contribution in [3.05, 3.63) is 82.0 Å². The maximum atomic E-state index is 13.3. The first-order valence-electron chi connectivity index (χ1n) is 11.4. The highest BCUT2D eigenvalue weighted by Crippen LogP contribution is 2.30. The largest absolute Gasteiger partial charge is 0.378 e. The van der Waals surface area contributed by atoms with Crippen molar-refractivity contribution in [2.45, 2.75) is 6.04 Å². The van der Waals surface area contributed by atoms with Crippen molar-refractivity contribution < 1.29 is 4.74 Å². The quantitative estimate of drug-likeness (QED) is 0.454. The molecule has 1 fully saturated rings. The zero-order valence-corrected chi connectivity index (χ0v) is 20.1. The number of benzene rings is 1. The number of morpholine rings is 1. The van der Waals surface area contributed by atoms with Crippen molar-refractivity contribution in [1.29, 1.82) is 0 Å². The molecule has 176 valence electrons. The minimum absolute atomic E-state index is 0.0593. The summed E-state index contributed by atoms with van der Waals surface area (Å²) in [6, 6.07) is 13.4. The molecule has 1 N–H and O–H groups in total. The van der Waals surface area contributed by atoms with Crippen LogP contribution in [0.5, 0.6) is 0 Å². The molecule has 3 aromatic heterocycles. The van der Waals surface area contributed by atoms with Gasteiger partial charge in [0.2, 0.25) is 0 Å². The number of pyridine rings is 2. The van der Waals surface area contributed by atoms with Gasteiger partial charge in [0.15, 0.2) is 0 Å². The number of hydrogen-bond donors (Lipinski definition) is 1. The number of rotatable bonds is 6. The lowest BCUT2D eigenvalue weighted by molar-refractivity contribution is 0.122. The number of fused-ring (bicyclic) bond motifs is 1. The van der Waals surface area contributed by atoms with Crippen molar-refractivity contribution in [3.8, 4) is 11.1 Å². The molecule has 1 saturated heterocycles. The molecule has 0 unspecified atom stereocenters. The normalized spacial score (nSPS) is 15.2. The van der Waals surface area contributed by atoms with Gasteiger partial charge in [-0.1, -0.05) is 23.7 Å². The Balaban J connectivity index is 1.52. The van der Waals surface area contributed by atoms with E-state index in [1.165, 1.54) is 0 Å². The third-order valence-electron chi connectivity index (χ3n) is 6.26. The minimum Gasteiger partial charge on any atom is -0.378 e. The number of anilines is 1. The third-order valence-corrected chi connectivity index (χ3v) is 6.49. The fourth-order valence-corrected chi connectivity index (χ4v) is 4.75. The Morgan fingerprint density at radius 3 is 2.74 bits per heavy atom. The van der Waals surface area contributed by atoms with Crippen LogP contribution in [0.4, 0.5) is 5.69 Å². The van der Waals surface area contributed by atoms with Crippen molar-refractivity contribution in [2.75, 3.05) is 51.8 Å². The zero-order valence-electron chi connectivity index (χ0n) is 19.4. The van der Waals surface area contributed by atoms with Gasteiger partial charge in [0.1, 0.15) is 5.65 Å². The standard InChI is InChI=1S/C26H28ClN5O2/c1-30(2)17-24(19-4-3-5-20(27)12-19)32-7-6-18(13-25(32)33)23-16-29-26-22(23)14-21(15-28-26)31-8-10-34-11-9-31/h3-7,12-16,24H,8-11,17H2,1-2H3,(H,28,29)/t24-/m1/s1. The number of nitrogens with zero attached hydrogens (tertiary/aromatic N) is 4. The molecule has 5 rings (SSSR count). The highest BCUT2D eigenvalue weighted by Gasteiger charge is 2.18. The predicted molar refractivity (Wildman–Crippen MR) is 137 cm³/mol. The molecule has 7 nitrogen and oxygen atoms in total. The van der Waals surface area contributed by atoms with Crippen molar-refractivity contribution >= 4 is 28.3 Å². The van der Waals surface area contributed by atoms with Gasteiger partial charge >= 0.3 is 0 Å². The Kier molecular flexibility index (Phi) is 6.41. The summed E-state index contributed by atoms with van der Waals surface area (Å²) in [6.07, 6.45) is 5.70. The van der Waals surface area contributed by atoms with E-state index < -0.39 is 0 Å². The van der Waals surface area contributed by atoms with Crippen LogP contribution in [0.15, 0.2) is 65.8 Å². The van der Waals surface area contributed by atoms with Gasteiger partial charge in [-0.3, -0.25) is 4.79 Å². The van der Waals surface area contributed by atoms with Crippen LogP contribution in [0.1, 0.15) is 11.6 Å². The molecule has 8 heteroatoms. The summed E-state index contributed by atoms with van der Waals surface area (Å²) in [7, 11) is 4.00. The average Bonchev–Trinajstić information content (AvgIpc) is 3.26. The van der Waals surface area contributed by atoms with E-state index in [4.69, 9.17) is 16.3 Å². The molecule has 4 heterocycles. The van der Waals surface area contributed by atoms with Gasteiger partial charge in [0.25, 0.3) is 5.56 Å². The zero-order chi connectivity index (χ0) is 23.7. The number of ether oxygens (including phenoxy) is 1. The molecule has 4 aromatic rings. The maximum Gasteiger partial charge on any atom is 0.251 e. The lowest BCUT2D eigenvalue weighted by Crippen LogP contribution is -2.36. The molecule has 1 aliphatic rings. The fraction of sp³-hybridized carbons (Fsp3) is 0.308. The number of aromatic amines is 1. The Morgan fingerprint density at radius 1 is 1.18 bits per heavy atom. The molecule has 0 radical (unpaired) electrons. The Bertz CT molecular complexity index is 1360. The highest BCUT2D eigenvalue weighted by atomic mass is 35.5. The van der Waals surface area contributed by atoms with Gasteiger partial charge in [0, 0.05) is 54.1 Å². The molecule has 1 aliphatic heterocycles. The number of likely N-dealkylation sites (N-methyl/N-ethyl adjacent to an activating group) is 1. The van der Waals surface area contributed by atoms with Crippen LogP contribution in [-0.4, -0.2) is 66.4 Å². The molecular weight excluding hydrogens is 450 g/mol. The second-order valence-corrected chi connectivity index (χ2v) is 9.32. The van der Waals surface area contributed by atoms with Crippen LogP contribution in [0.25, 0.3) is 22.2 Å². The summed E-state index contributed by atoms with van der Waals surface area (Å²) < 4.78 is 7.26. The first kappa shape index (κ1) is 22.7. The van der Waals surface area contributed by atoms with E-state index in [2.05, 4.69) is 25.8 Å². The summed E-state index contributed by atoms with van der Waals surface area (Å²) in [5.74, 6) is 0. The third kappa shape index (κ3) is 4.59. The summed E-state index contributed by atoms with van der Waals surface area (Å²) in [5, 5.41) is 1.66. The Morgan fingerprint density at radius 2 is 2.00 bits per heavy atom. The first-order chi connectivity index (χ1) is 16.5. The van der Waals surface area contributed by atoms with Crippen LogP contribution in [0.2, 0.25) is 5.02 Å². The molecular formula is C26H28ClN5O2. The number of nitrogens with one attached hydrogen (secondary N) is 1. The highest BCUT2D eigenvalue weighted by molar-refractivity contribution is 6.30. The monoisotopic (exact) mass is 477 g/mol. The number of hydrogen-bond acceptors (Lipinski definition) is 5. The number of halogens is 1. The smallest absolute Gasteiger partial charge is 0.251 e. The van der Waals surface area contributed by atoms with Gasteiger partial charge in [-0.2, -0.15) is 0 Å². The Hall–Kier alpha value is -3.13. The van der Waals surface area contributed by atoms with Gasteiger partial charge in [0.05, 0.1) is 31.1 Å². The average molecular weight is 478 g/mol. The number of aromatic nitrogens is 3. The van der Waals surface area contributed by atoms with Crippen molar-refractivity contribution in [1.82, 2.24) is 19.4 Å². The van der Waals surface area contributed by atoms with Gasteiger partial charge in [-0.05, 0) is 49.5 Å². The van der Waals surface area contributed by atoms with E-state index in [-0.39, 0.29) is 11.6 Å². The summed E-state index contributed by atoms with van der Waals surface area (Å²) in [5.41, 5.74) is 4.65. The van der Waals surface area contributed by atoms with Crippen molar-refractivity contribution in [3.63, 3.8) is 0 Å². The van der Waals surface area contributed by atoms with Gasteiger partial charge < -0.3 is 24.1 Å². The SMILES string of the molecule is CN(C)C[C@H](c1cccc(Cl)c1)n1ccc(-c2c[nH]c3ncc(N4CCOCC4)cc23)cc1=O. The molecule has 34 heavy (non-hydrogen) atoms. The van der Waals surface area contributed by atoms with Crippen LogP contribution < -0.4 is 10.5 Å². The van der Waals surface area contributed by atoms with E-state index in [0.29, 0.717) is 11.6 Å². The van der Waals surface area contributed by atoms with Crippen LogP contribution in [0.3, 0.4) is 0 Å². The topological polar surface area (TPSA) is 66.4 Å². The van der Waals surface area contributed by atoms with Crippen molar-refractivity contribution in [2.24, 2.45) is 0 Å². The van der Waals surface area contributed by atoms with E-state index >= 15 is 0 Å². The second-order valence-electron chi connectivity index (χ2n) is 8.89. The van der Waals surface area contributed by atoms with E-state index in [1.54, 1.807) is 10.6 Å². The van der Waals surface area contributed by atoms with E-state index in [1.807, 2.05) is 63.0 Å². The van der Waals surface area contributed by atoms with Crippen LogP contribution >= 0.6 is 11.6 Å². The lowest BCUT2D eigenvalue weighted by atomic mass is 10.0. The summed E-state index contributed by atoms with van der Waals surface area (Å²) >= 11 is 6.25. The van der Waals surface area contributed by atoms with E-state index in [0.717, 1.165) is 59.7 Å². The maximum absolute atomic E-state index is 13.3. The fourth-order valence-electron chi connectivity index (χ4n) is 4.55. The molecule has 0 aliphatic carbocycles. The second kappa shape index (κ2) is 9.62. The van der Waals surface area contributed by atoms with Gasteiger partial charge in [-0.25, -0.2) is 4.98 Å². The molecule has 1 aromatic carbocycles. The summed E-state index contributed by atoms with van der Waals surface area (Å²) in [6.45, 7) is 3.81. The molecule has 1 atom stereocenters. The molecule has 0 amide bonds. The minimum atomic E-state index is -0.146. The van der Waals surface area contributed by atoms with E-state index in [9.17, 15) is 4.79 Å². The first-order valence-corrected chi connectivity index (χ1v) is 11.8. The summed E-state index contributed by atoms with van der Waals surface area (Å²) in [4.78, 5) is 25.5. The number of H-pyrrole nitrogens is 1. The van der Waals surface area contributed by atoms with Gasteiger partial charge in [-0.15, -0.1) is 0 Å². The lowest BCUT2D eigenvalue weighted by Gasteiger charge is -2.28. The molecule has 0 saturated carbocycles. The molecule has 0 bridgehead atoms. The van der Waals surface area contributed by atoms with Crippen LogP contribution in [0, 0.1) is 0 Å². The predicted octanol–water partition coefficient (Wildman–Crippen LogP) is 4.03.